The Morgan fingerprint density at radius 1 is 1.09 bits per heavy atom. The number of ether oxygens (including phenoxy) is 3. The summed E-state index contributed by atoms with van der Waals surface area (Å²) < 4.78 is 84.8. The van der Waals surface area contributed by atoms with Crippen molar-refractivity contribution in [1.82, 2.24) is 24.2 Å². The van der Waals surface area contributed by atoms with Gasteiger partial charge in [0.25, 0.3) is 5.91 Å². The maximum atomic E-state index is 14.9. The second-order valence-corrected chi connectivity index (χ2v) is 20.1. The number of aryl methyl sites for hydroxylation is 1. The van der Waals surface area contributed by atoms with Crippen LogP contribution < -0.4 is 29.6 Å². The van der Waals surface area contributed by atoms with E-state index >= 15 is 0 Å². The van der Waals surface area contributed by atoms with Gasteiger partial charge in [0, 0.05) is 61.0 Å². The van der Waals surface area contributed by atoms with Crippen molar-refractivity contribution in [3.05, 3.63) is 65.9 Å². The SMILES string of the molecule is COc1ccc2c(O[C@@H]3C[C@H]4C(=O)N[C@]5(C(=O)NS(=O)(=O)N(C)C)C[C@H]5/C=C\CCCCC[C@H](Nc5cccc(OC(F)(F)F)c5)C(=O)N4C3)cc(C3=NC(C(C)C)CS3)nc2c1C. The van der Waals surface area contributed by atoms with Crippen molar-refractivity contribution in [2.45, 2.75) is 102 Å². The van der Waals surface area contributed by atoms with Crippen LogP contribution in [0.1, 0.15) is 70.1 Å². The minimum Gasteiger partial charge on any atom is -0.496 e. The van der Waals surface area contributed by atoms with E-state index < -0.39 is 69.7 Å². The van der Waals surface area contributed by atoms with Crippen LogP contribution in [-0.4, -0.2) is 115 Å². The lowest BCUT2D eigenvalue weighted by Crippen LogP contribution is -2.58. The molecule has 2 aromatic carbocycles. The summed E-state index contributed by atoms with van der Waals surface area (Å²) in [4.78, 5) is 54.9. The molecule has 1 saturated heterocycles. The number of carbonyl (C=O) groups is 3. The molecular weight excluding hydrogens is 876 g/mol. The van der Waals surface area contributed by atoms with Gasteiger partial charge in [0.1, 0.15) is 46.0 Å². The number of thioether (sulfide) groups is 1. The number of hydrogen-bond donors (Lipinski definition) is 3. The van der Waals surface area contributed by atoms with Crippen molar-refractivity contribution >= 4 is 61.3 Å². The third-order valence-electron chi connectivity index (χ3n) is 12.1. The zero-order chi connectivity index (χ0) is 46.1. The van der Waals surface area contributed by atoms with Crippen molar-refractivity contribution < 1.29 is 50.2 Å². The number of methoxy groups -OCH3 is 1. The van der Waals surface area contributed by atoms with Gasteiger partial charge in [-0.1, -0.05) is 44.9 Å². The zero-order valence-corrected chi connectivity index (χ0v) is 38.2. The first-order valence-electron chi connectivity index (χ1n) is 21.3. The monoisotopic (exact) mass is 929 g/mol. The molecule has 1 aromatic heterocycles. The highest BCUT2D eigenvalue weighted by atomic mass is 32.2. The molecule has 0 radical (unpaired) electrons. The highest BCUT2D eigenvalue weighted by molar-refractivity contribution is 8.14. The molecule has 346 valence electrons. The van der Waals surface area contributed by atoms with Gasteiger partial charge in [-0.2, -0.15) is 12.7 Å². The normalized spacial score (nSPS) is 26.0. The summed E-state index contributed by atoms with van der Waals surface area (Å²) in [5.41, 5.74) is 0.571. The molecule has 20 heteroatoms. The average Bonchev–Trinajstić information content (AvgIpc) is 3.51. The largest absolute Gasteiger partial charge is 0.573 e. The van der Waals surface area contributed by atoms with Crippen LogP contribution in [0.25, 0.3) is 10.9 Å². The Labute approximate surface area is 375 Å². The fourth-order valence-electron chi connectivity index (χ4n) is 8.31. The molecule has 3 aliphatic heterocycles. The number of amides is 3. The molecule has 1 aliphatic carbocycles. The molecule has 3 amide bonds. The van der Waals surface area contributed by atoms with Crippen molar-refractivity contribution in [1.29, 1.82) is 0 Å². The molecule has 4 heterocycles. The number of benzene rings is 2. The molecule has 3 aromatic rings. The number of fused-ring (bicyclic) bond motifs is 3. The summed E-state index contributed by atoms with van der Waals surface area (Å²) >= 11 is 1.60. The number of carbonyl (C=O) groups excluding carboxylic acids is 3. The number of nitrogens with one attached hydrogen (secondary N) is 3. The van der Waals surface area contributed by atoms with E-state index in [4.69, 9.17) is 19.5 Å². The summed E-state index contributed by atoms with van der Waals surface area (Å²) in [6, 6.07) is 8.56. The van der Waals surface area contributed by atoms with Crippen LogP contribution in [0, 0.1) is 18.8 Å². The number of pyridine rings is 1. The number of aromatic nitrogens is 1. The van der Waals surface area contributed by atoms with Gasteiger partial charge in [-0.25, -0.2) is 9.71 Å². The Kier molecular flexibility index (Phi) is 13.8. The van der Waals surface area contributed by atoms with E-state index in [9.17, 15) is 36.0 Å². The highest BCUT2D eigenvalue weighted by Crippen LogP contribution is 2.46. The van der Waals surface area contributed by atoms with E-state index in [2.05, 4.69) is 33.9 Å². The Bertz CT molecular complexity index is 2450. The molecule has 3 N–H and O–H groups in total. The first-order valence-corrected chi connectivity index (χ1v) is 23.7. The predicted octanol–water partition coefficient (Wildman–Crippen LogP) is 6.12. The first-order chi connectivity index (χ1) is 30.3. The van der Waals surface area contributed by atoms with Gasteiger partial charge >= 0.3 is 16.6 Å². The minimum atomic E-state index is -4.94. The number of anilines is 1. The van der Waals surface area contributed by atoms with Gasteiger partial charge < -0.3 is 29.7 Å². The molecule has 64 heavy (non-hydrogen) atoms. The Hall–Kier alpha value is -5.08. The van der Waals surface area contributed by atoms with Gasteiger partial charge in [-0.15, -0.1) is 24.9 Å². The molecule has 15 nitrogen and oxygen atoms in total. The van der Waals surface area contributed by atoms with E-state index in [0.717, 1.165) is 39.2 Å². The average molecular weight is 930 g/mol. The van der Waals surface area contributed by atoms with Crippen molar-refractivity contribution in [3.63, 3.8) is 0 Å². The molecule has 1 saturated carbocycles. The molecule has 0 bridgehead atoms. The van der Waals surface area contributed by atoms with Crippen LogP contribution in [0.15, 0.2) is 59.6 Å². The lowest BCUT2D eigenvalue weighted by molar-refractivity contribution is -0.274. The van der Waals surface area contributed by atoms with Crippen LogP contribution >= 0.6 is 11.8 Å². The summed E-state index contributed by atoms with van der Waals surface area (Å²) in [6.45, 7) is 6.04. The van der Waals surface area contributed by atoms with Gasteiger partial charge in [0.15, 0.2) is 0 Å². The molecule has 7 rings (SSSR count). The minimum absolute atomic E-state index is 0.0210. The number of allylic oxidation sites excluding steroid dienone is 1. The van der Waals surface area contributed by atoms with Gasteiger partial charge in [0.2, 0.25) is 11.8 Å². The second-order valence-electron chi connectivity index (χ2n) is 17.2. The van der Waals surface area contributed by atoms with Gasteiger partial charge in [-0.3, -0.25) is 19.4 Å². The van der Waals surface area contributed by atoms with E-state index in [1.165, 1.54) is 31.1 Å². The maximum absolute atomic E-state index is 14.9. The van der Waals surface area contributed by atoms with Crippen molar-refractivity contribution in [2.75, 3.05) is 38.8 Å². The summed E-state index contributed by atoms with van der Waals surface area (Å²) in [7, 11) is -0.115. The number of hydrogen-bond acceptors (Lipinski definition) is 12. The fourth-order valence-corrected chi connectivity index (χ4v) is 10.2. The topological polar surface area (TPSA) is 181 Å². The lowest BCUT2D eigenvalue weighted by Gasteiger charge is -2.30. The molecule has 0 spiro atoms. The fraction of sp³-hybridized carbons (Fsp3) is 0.523. The van der Waals surface area contributed by atoms with E-state index in [1.54, 1.807) is 18.9 Å². The number of aliphatic imine (C=N–C) groups is 1. The molecule has 1 unspecified atom stereocenters. The third kappa shape index (κ3) is 10.4. The third-order valence-corrected chi connectivity index (χ3v) is 14.6. The number of alkyl halides is 3. The van der Waals surface area contributed by atoms with Crippen LogP contribution in [0.4, 0.5) is 18.9 Å². The predicted molar refractivity (Wildman–Crippen MR) is 238 cm³/mol. The maximum Gasteiger partial charge on any atom is 0.573 e. The summed E-state index contributed by atoms with van der Waals surface area (Å²) in [5, 5.41) is 7.39. The smallest absolute Gasteiger partial charge is 0.496 e. The standard InChI is InChI=1S/C44H54F3N7O8S2/c1-25(2)34-24-63-40(50-34)33-21-37(31-17-18-36(60-6)26(3)38(31)49-33)61-30-20-35-39(55)51-43(42(57)52-64(58,59)53(4)5)22-27(43)13-10-8-7-9-11-16-32(41(56)54(35)23-30)48-28-14-12-15-29(19-28)62-44(45,46)47/h10,12-15,17-19,21,25,27,30,32,34-35,48H,7-9,11,16,20,22-24H2,1-6H3,(H,51,55)(H,52,57)/b13-10-/t27-,30-,32+,34?,35+,43-/m1/s1. The van der Waals surface area contributed by atoms with Crippen molar-refractivity contribution in [3.8, 4) is 17.2 Å². The zero-order valence-electron chi connectivity index (χ0n) is 36.5. The summed E-state index contributed by atoms with van der Waals surface area (Å²) in [6.07, 6.45) is 0.970. The Balaban J connectivity index is 1.26. The quantitative estimate of drug-likeness (QED) is 0.189. The first kappa shape index (κ1) is 46.9. The molecule has 6 atom stereocenters. The Morgan fingerprint density at radius 2 is 1.88 bits per heavy atom. The van der Waals surface area contributed by atoms with Crippen molar-refractivity contribution in [2.24, 2.45) is 16.8 Å². The number of halogens is 3. The Morgan fingerprint density at radius 3 is 2.58 bits per heavy atom. The number of rotatable bonds is 11. The van der Waals surface area contributed by atoms with Crippen LogP contribution in [0.3, 0.4) is 0 Å². The number of nitrogens with zero attached hydrogens (tertiary/aromatic N) is 4. The highest BCUT2D eigenvalue weighted by Gasteiger charge is 2.62. The second kappa shape index (κ2) is 18.8. The van der Waals surface area contributed by atoms with Crippen LogP contribution in [0.2, 0.25) is 0 Å². The van der Waals surface area contributed by atoms with Crippen LogP contribution in [0.5, 0.6) is 17.2 Å². The molecule has 2 fully saturated rings. The van der Waals surface area contributed by atoms with E-state index in [0.29, 0.717) is 53.3 Å². The van der Waals surface area contributed by atoms with E-state index in [-0.39, 0.29) is 37.5 Å². The van der Waals surface area contributed by atoms with E-state index in [1.807, 2.05) is 37.3 Å². The van der Waals surface area contributed by atoms with Gasteiger partial charge in [-0.05, 0) is 62.8 Å². The molecular formula is C44H54F3N7O8S2. The van der Waals surface area contributed by atoms with Crippen LogP contribution in [-0.2, 0) is 24.6 Å². The van der Waals surface area contributed by atoms with Gasteiger partial charge in [0.05, 0.1) is 30.9 Å². The lowest BCUT2D eigenvalue weighted by atomic mass is 10.0. The summed E-state index contributed by atoms with van der Waals surface area (Å²) in [5.74, 6) is -0.944. The molecule has 4 aliphatic rings.